The fourth-order valence-corrected chi connectivity index (χ4v) is 3.11. The minimum Gasteiger partial charge on any atom is -0.388 e. The van der Waals surface area contributed by atoms with Crippen LogP contribution in [0.1, 0.15) is 46.0 Å². The van der Waals surface area contributed by atoms with Crippen LogP contribution in [0.2, 0.25) is 0 Å². The van der Waals surface area contributed by atoms with Gasteiger partial charge in [0.2, 0.25) is 11.8 Å². The molecule has 2 saturated heterocycles. The quantitative estimate of drug-likeness (QED) is 0.814. The molecule has 0 saturated carbocycles. The predicted octanol–water partition coefficient (Wildman–Crippen LogP) is 0.776. The van der Waals surface area contributed by atoms with Crippen molar-refractivity contribution in [2.75, 3.05) is 26.2 Å². The maximum absolute atomic E-state index is 12.3. The summed E-state index contributed by atoms with van der Waals surface area (Å²) < 4.78 is 5.62. The van der Waals surface area contributed by atoms with Gasteiger partial charge in [-0.3, -0.25) is 9.59 Å². The Labute approximate surface area is 132 Å². The molecule has 0 aromatic rings. The zero-order chi connectivity index (χ0) is 16.1. The second-order valence-electron chi connectivity index (χ2n) is 6.53. The summed E-state index contributed by atoms with van der Waals surface area (Å²) in [5.41, 5.74) is 0. The molecule has 2 atom stereocenters. The molecule has 2 amide bonds. The lowest BCUT2D eigenvalue weighted by molar-refractivity contribution is -0.134. The van der Waals surface area contributed by atoms with E-state index in [-0.39, 0.29) is 24.0 Å². The summed E-state index contributed by atoms with van der Waals surface area (Å²) >= 11 is 0. The number of aliphatic hydroxyl groups excluding tert-OH is 1. The molecule has 0 aromatic heterocycles. The van der Waals surface area contributed by atoms with Gasteiger partial charge in [0.05, 0.1) is 12.2 Å². The molecular weight excluding hydrogens is 284 g/mol. The van der Waals surface area contributed by atoms with Crippen LogP contribution in [0.5, 0.6) is 0 Å². The third kappa shape index (κ3) is 4.68. The topological polar surface area (TPSA) is 70.1 Å². The lowest BCUT2D eigenvalue weighted by atomic mass is 10.2. The van der Waals surface area contributed by atoms with E-state index >= 15 is 0 Å². The van der Waals surface area contributed by atoms with E-state index in [1.807, 2.05) is 13.8 Å². The number of aliphatic hydroxyl groups is 1. The minimum absolute atomic E-state index is 0.00838. The van der Waals surface area contributed by atoms with E-state index in [0.717, 1.165) is 25.8 Å². The highest BCUT2D eigenvalue weighted by atomic mass is 16.5. The summed E-state index contributed by atoms with van der Waals surface area (Å²) in [6, 6.07) is 0. The van der Waals surface area contributed by atoms with Crippen molar-refractivity contribution in [2.45, 2.75) is 64.3 Å². The fraction of sp³-hybridized carbons (Fsp3) is 0.875. The van der Waals surface area contributed by atoms with E-state index in [1.165, 1.54) is 0 Å². The molecule has 0 aliphatic carbocycles. The summed E-state index contributed by atoms with van der Waals surface area (Å²) in [5.74, 6) is 0.152. The second-order valence-corrected chi connectivity index (χ2v) is 6.53. The fourth-order valence-electron chi connectivity index (χ4n) is 3.11. The lowest BCUT2D eigenvalue weighted by Crippen LogP contribution is -2.36. The first kappa shape index (κ1) is 17.2. The van der Waals surface area contributed by atoms with E-state index in [0.29, 0.717) is 32.5 Å². The molecular formula is C16H28N2O4. The Balaban J connectivity index is 1.79. The largest absolute Gasteiger partial charge is 0.388 e. The number of carbonyl (C=O) groups excluding carboxylic acids is 2. The van der Waals surface area contributed by atoms with Crippen LogP contribution >= 0.6 is 0 Å². The van der Waals surface area contributed by atoms with Gasteiger partial charge in [0.1, 0.15) is 6.10 Å². The van der Waals surface area contributed by atoms with Crippen molar-refractivity contribution in [3.63, 3.8) is 0 Å². The van der Waals surface area contributed by atoms with Gasteiger partial charge in [0, 0.05) is 39.0 Å². The number of ether oxygens (including phenoxy) is 1. The van der Waals surface area contributed by atoms with Gasteiger partial charge in [-0.15, -0.1) is 0 Å². The van der Waals surface area contributed by atoms with E-state index < -0.39 is 6.10 Å². The molecule has 2 heterocycles. The Morgan fingerprint density at radius 3 is 2.82 bits per heavy atom. The SMILES string of the molecule is CC(C)O[C@H]1CN(C(=O)CCN2CCCCCC2=O)C[C@@H]1O. The number of hydrogen-bond acceptors (Lipinski definition) is 4. The first-order valence-corrected chi connectivity index (χ1v) is 8.36. The molecule has 0 unspecified atom stereocenters. The van der Waals surface area contributed by atoms with E-state index in [2.05, 4.69) is 0 Å². The van der Waals surface area contributed by atoms with Crippen molar-refractivity contribution in [1.29, 1.82) is 0 Å². The average molecular weight is 312 g/mol. The van der Waals surface area contributed by atoms with Gasteiger partial charge in [0.15, 0.2) is 0 Å². The van der Waals surface area contributed by atoms with E-state index in [4.69, 9.17) is 4.74 Å². The van der Waals surface area contributed by atoms with Crippen LogP contribution in [0.25, 0.3) is 0 Å². The summed E-state index contributed by atoms with van der Waals surface area (Å²) in [6.45, 7) is 5.84. The summed E-state index contributed by atoms with van der Waals surface area (Å²) in [6.07, 6.45) is 3.10. The number of likely N-dealkylation sites (tertiary alicyclic amines) is 2. The first-order chi connectivity index (χ1) is 10.5. The molecule has 6 heteroatoms. The van der Waals surface area contributed by atoms with Crippen LogP contribution in [0.15, 0.2) is 0 Å². The molecule has 2 rings (SSSR count). The Morgan fingerprint density at radius 2 is 2.09 bits per heavy atom. The normalized spacial score (nSPS) is 26.6. The molecule has 2 aliphatic rings. The van der Waals surface area contributed by atoms with Crippen molar-refractivity contribution >= 4 is 11.8 Å². The minimum atomic E-state index is -0.619. The number of hydrogen-bond donors (Lipinski definition) is 1. The molecule has 0 aromatic carbocycles. The Bertz CT molecular complexity index is 400. The van der Waals surface area contributed by atoms with Crippen molar-refractivity contribution in [2.24, 2.45) is 0 Å². The summed E-state index contributed by atoms with van der Waals surface area (Å²) in [7, 11) is 0. The third-order valence-electron chi connectivity index (χ3n) is 4.30. The Kier molecular flexibility index (Phi) is 6.20. The van der Waals surface area contributed by atoms with E-state index in [1.54, 1.807) is 9.80 Å². The Hall–Kier alpha value is -1.14. The first-order valence-electron chi connectivity index (χ1n) is 8.36. The molecule has 0 bridgehead atoms. The Morgan fingerprint density at radius 1 is 1.32 bits per heavy atom. The molecule has 0 radical (unpaired) electrons. The maximum atomic E-state index is 12.3. The lowest BCUT2D eigenvalue weighted by Gasteiger charge is -2.22. The van der Waals surface area contributed by atoms with Crippen molar-refractivity contribution in [3.05, 3.63) is 0 Å². The third-order valence-corrected chi connectivity index (χ3v) is 4.30. The van der Waals surface area contributed by atoms with Crippen LogP contribution < -0.4 is 0 Å². The van der Waals surface area contributed by atoms with Crippen LogP contribution in [-0.4, -0.2) is 71.2 Å². The molecule has 6 nitrogen and oxygen atoms in total. The predicted molar refractivity (Wildman–Crippen MR) is 82.3 cm³/mol. The number of amides is 2. The monoisotopic (exact) mass is 312 g/mol. The van der Waals surface area contributed by atoms with Gasteiger partial charge in [-0.05, 0) is 26.7 Å². The number of β-amino-alcohol motifs (C(OH)–C–C–N with tert-alkyl or cyclic N) is 1. The smallest absolute Gasteiger partial charge is 0.224 e. The number of rotatable bonds is 5. The van der Waals surface area contributed by atoms with Crippen LogP contribution in [0.3, 0.4) is 0 Å². The van der Waals surface area contributed by atoms with Crippen molar-refractivity contribution < 1.29 is 19.4 Å². The van der Waals surface area contributed by atoms with Crippen LogP contribution in [-0.2, 0) is 14.3 Å². The van der Waals surface area contributed by atoms with Gasteiger partial charge in [-0.2, -0.15) is 0 Å². The highest BCUT2D eigenvalue weighted by Gasteiger charge is 2.35. The highest BCUT2D eigenvalue weighted by Crippen LogP contribution is 2.17. The van der Waals surface area contributed by atoms with Crippen LogP contribution in [0.4, 0.5) is 0 Å². The van der Waals surface area contributed by atoms with Gasteiger partial charge >= 0.3 is 0 Å². The van der Waals surface area contributed by atoms with Gasteiger partial charge < -0.3 is 19.6 Å². The van der Waals surface area contributed by atoms with Crippen molar-refractivity contribution in [1.82, 2.24) is 9.80 Å². The molecule has 1 N–H and O–H groups in total. The molecule has 22 heavy (non-hydrogen) atoms. The van der Waals surface area contributed by atoms with Gasteiger partial charge in [-0.25, -0.2) is 0 Å². The molecule has 2 aliphatic heterocycles. The molecule has 2 fully saturated rings. The number of carbonyl (C=O) groups is 2. The number of nitrogens with zero attached hydrogens (tertiary/aromatic N) is 2. The van der Waals surface area contributed by atoms with Gasteiger partial charge in [0.25, 0.3) is 0 Å². The zero-order valence-corrected chi connectivity index (χ0v) is 13.7. The zero-order valence-electron chi connectivity index (χ0n) is 13.7. The average Bonchev–Trinajstić information content (AvgIpc) is 2.68. The van der Waals surface area contributed by atoms with Gasteiger partial charge in [-0.1, -0.05) is 6.42 Å². The molecule has 0 spiro atoms. The maximum Gasteiger partial charge on any atom is 0.224 e. The standard InChI is InChI=1S/C16H28N2O4/c1-12(2)22-14-11-18(10-13(14)19)16(21)7-9-17-8-5-3-4-6-15(17)20/h12-14,19H,3-11H2,1-2H3/t13-,14-/m0/s1. The van der Waals surface area contributed by atoms with Crippen LogP contribution in [0, 0.1) is 0 Å². The van der Waals surface area contributed by atoms with E-state index in [9.17, 15) is 14.7 Å². The van der Waals surface area contributed by atoms with Crippen molar-refractivity contribution in [3.8, 4) is 0 Å². The summed E-state index contributed by atoms with van der Waals surface area (Å²) in [5, 5.41) is 9.97. The summed E-state index contributed by atoms with van der Waals surface area (Å²) in [4.78, 5) is 27.7. The highest BCUT2D eigenvalue weighted by molar-refractivity contribution is 5.79. The second kappa shape index (κ2) is 7.92. The molecule has 126 valence electrons.